The van der Waals surface area contributed by atoms with Crippen molar-refractivity contribution in [3.05, 3.63) is 0 Å². The molecule has 6 nitrogen and oxygen atoms in total. The summed E-state index contributed by atoms with van der Waals surface area (Å²) in [6, 6.07) is 0.940. The lowest BCUT2D eigenvalue weighted by Gasteiger charge is -2.25. The summed E-state index contributed by atoms with van der Waals surface area (Å²) in [7, 11) is 1.83. The third-order valence-corrected chi connectivity index (χ3v) is 6.18. The van der Waals surface area contributed by atoms with Gasteiger partial charge in [0.2, 0.25) is 5.91 Å². The highest BCUT2D eigenvalue weighted by atomic mass is 16.2. The van der Waals surface area contributed by atoms with E-state index in [1.54, 1.807) is 0 Å². The number of nitrogens with zero attached hydrogens (tertiary/aromatic N) is 3. The molecular formula is C19H35N5O. The molecule has 3 rings (SSSR count). The Morgan fingerprint density at radius 2 is 1.92 bits per heavy atom. The largest absolute Gasteiger partial charge is 0.355 e. The fraction of sp³-hybridized carbons (Fsp3) is 0.895. The first-order valence-electron chi connectivity index (χ1n) is 10.2. The first kappa shape index (κ1) is 18.5. The second-order valence-corrected chi connectivity index (χ2v) is 7.77. The van der Waals surface area contributed by atoms with Gasteiger partial charge < -0.3 is 15.5 Å². The number of carbonyl (C=O) groups is 1. The number of likely N-dealkylation sites (N-methyl/N-ethyl adjacent to an activating group) is 1. The molecule has 3 fully saturated rings. The molecule has 3 aliphatic rings. The molecule has 6 heteroatoms. The standard InChI is InChI=1S/C19H35N5O/c1-3-23-11-6-9-17(23)13-21-19(20-2)22-16-10-12-24(14-16)18(25)15-7-4-5-8-15/h15-17H,3-14H2,1-2H3,(H2,20,21,22). The van der Waals surface area contributed by atoms with E-state index in [4.69, 9.17) is 0 Å². The highest BCUT2D eigenvalue weighted by Gasteiger charge is 2.32. The van der Waals surface area contributed by atoms with Crippen LogP contribution in [0.2, 0.25) is 0 Å². The number of hydrogen-bond acceptors (Lipinski definition) is 3. The molecule has 0 bridgehead atoms. The van der Waals surface area contributed by atoms with Crippen LogP contribution in [0.5, 0.6) is 0 Å². The molecule has 2 aliphatic heterocycles. The van der Waals surface area contributed by atoms with E-state index in [0.29, 0.717) is 23.9 Å². The van der Waals surface area contributed by atoms with Gasteiger partial charge in [-0.25, -0.2) is 0 Å². The van der Waals surface area contributed by atoms with Gasteiger partial charge in [0.15, 0.2) is 5.96 Å². The summed E-state index contributed by atoms with van der Waals surface area (Å²) in [5.74, 6) is 1.55. The van der Waals surface area contributed by atoms with Gasteiger partial charge >= 0.3 is 0 Å². The minimum Gasteiger partial charge on any atom is -0.355 e. The van der Waals surface area contributed by atoms with Crippen LogP contribution in [0.25, 0.3) is 0 Å². The monoisotopic (exact) mass is 349 g/mol. The first-order valence-corrected chi connectivity index (χ1v) is 10.2. The number of aliphatic imine (C=N–C) groups is 1. The van der Waals surface area contributed by atoms with Crippen molar-refractivity contribution in [2.75, 3.05) is 39.8 Å². The third-order valence-electron chi connectivity index (χ3n) is 6.18. The zero-order chi connectivity index (χ0) is 17.6. The van der Waals surface area contributed by atoms with Crippen molar-refractivity contribution in [2.45, 2.75) is 64.0 Å². The molecule has 0 aromatic carbocycles. The van der Waals surface area contributed by atoms with Crippen molar-refractivity contribution >= 4 is 11.9 Å². The molecule has 0 aromatic heterocycles. The van der Waals surface area contributed by atoms with E-state index in [2.05, 4.69) is 32.3 Å². The van der Waals surface area contributed by atoms with Crippen LogP contribution < -0.4 is 10.6 Å². The van der Waals surface area contributed by atoms with Gasteiger partial charge in [-0.2, -0.15) is 0 Å². The minimum atomic E-state index is 0.290. The summed E-state index contributed by atoms with van der Waals surface area (Å²) in [6.45, 7) is 7.23. The van der Waals surface area contributed by atoms with E-state index < -0.39 is 0 Å². The summed E-state index contributed by atoms with van der Waals surface area (Å²) in [5.41, 5.74) is 0. The van der Waals surface area contributed by atoms with Crippen LogP contribution in [-0.2, 0) is 4.79 Å². The maximum Gasteiger partial charge on any atom is 0.225 e. The molecule has 1 amide bonds. The number of rotatable bonds is 5. The van der Waals surface area contributed by atoms with Gasteiger partial charge in [-0.1, -0.05) is 19.8 Å². The predicted molar refractivity (Wildman–Crippen MR) is 102 cm³/mol. The lowest BCUT2D eigenvalue weighted by atomic mass is 10.1. The fourth-order valence-corrected chi connectivity index (χ4v) is 4.65. The zero-order valence-electron chi connectivity index (χ0n) is 16.0. The molecule has 2 unspecified atom stereocenters. The Bertz CT molecular complexity index is 474. The number of carbonyl (C=O) groups excluding carboxylic acids is 1. The summed E-state index contributed by atoms with van der Waals surface area (Å²) in [6.07, 6.45) is 8.20. The number of amides is 1. The SMILES string of the molecule is CCN1CCCC1CNC(=NC)NC1CCN(C(=O)C2CCCC2)C1. The molecule has 1 saturated carbocycles. The molecule has 2 atom stereocenters. The van der Waals surface area contributed by atoms with Crippen molar-refractivity contribution in [3.8, 4) is 0 Å². The van der Waals surface area contributed by atoms with Gasteiger partial charge in [-0.3, -0.25) is 14.7 Å². The summed E-state index contributed by atoms with van der Waals surface area (Å²) >= 11 is 0. The average Bonchev–Trinajstić information content (AvgIpc) is 3.39. The Hall–Kier alpha value is -1.30. The number of hydrogen-bond donors (Lipinski definition) is 2. The molecule has 2 saturated heterocycles. The Kier molecular flexibility index (Phi) is 6.57. The summed E-state index contributed by atoms with van der Waals surface area (Å²) < 4.78 is 0. The Labute approximate surface area is 152 Å². The van der Waals surface area contributed by atoms with Crippen LogP contribution in [0, 0.1) is 5.92 Å². The van der Waals surface area contributed by atoms with Gasteiger partial charge in [0, 0.05) is 44.7 Å². The molecular weight excluding hydrogens is 314 g/mol. The normalized spacial score (nSPS) is 28.7. The third kappa shape index (κ3) is 4.66. The van der Waals surface area contributed by atoms with Gasteiger partial charge in [0.25, 0.3) is 0 Å². The number of nitrogens with one attached hydrogen (secondary N) is 2. The van der Waals surface area contributed by atoms with Crippen molar-refractivity contribution in [1.82, 2.24) is 20.4 Å². The van der Waals surface area contributed by atoms with Gasteiger partial charge in [0.05, 0.1) is 0 Å². The van der Waals surface area contributed by atoms with E-state index >= 15 is 0 Å². The zero-order valence-corrected chi connectivity index (χ0v) is 16.0. The quantitative estimate of drug-likeness (QED) is 0.582. The van der Waals surface area contributed by atoms with Crippen LogP contribution >= 0.6 is 0 Å². The second kappa shape index (κ2) is 8.88. The van der Waals surface area contributed by atoms with E-state index in [1.807, 2.05) is 7.05 Å². The topological polar surface area (TPSA) is 60.0 Å². The lowest BCUT2D eigenvalue weighted by Crippen LogP contribution is -2.48. The predicted octanol–water partition coefficient (Wildman–Crippen LogP) is 1.43. The van der Waals surface area contributed by atoms with Gasteiger partial charge in [0.1, 0.15) is 0 Å². The molecule has 25 heavy (non-hydrogen) atoms. The Balaban J connectivity index is 1.42. The molecule has 1 aliphatic carbocycles. The smallest absolute Gasteiger partial charge is 0.225 e. The van der Waals surface area contributed by atoms with Crippen LogP contribution in [0.3, 0.4) is 0 Å². The molecule has 142 valence electrons. The van der Waals surface area contributed by atoms with Crippen molar-refractivity contribution in [1.29, 1.82) is 0 Å². The second-order valence-electron chi connectivity index (χ2n) is 7.77. The maximum absolute atomic E-state index is 12.6. The Morgan fingerprint density at radius 3 is 2.64 bits per heavy atom. The first-order chi connectivity index (χ1) is 12.2. The van der Waals surface area contributed by atoms with E-state index in [-0.39, 0.29) is 0 Å². The average molecular weight is 350 g/mol. The molecule has 0 radical (unpaired) electrons. The minimum absolute atomic E-state index is 0.290. The van der Waals surface area contributed by atoms with Crippen LogP contribution in [0.1, 0.15) is 51.9 Å². The Morgan fingerprint density at radius 1 is 1.12 bits per heavy atom. The summed E-state index contributed by atoms with van der Waals surface area (Å²) in [5, 5.41) is 7.02. The van der Waals surface area contributed by atoms with E-state index in [1.165, 1.54) is 32.2 Å². The molecule has 2 N–H and O–H groups in total. The molecule has 2 heterocycles. The summed E-state index contributed by atoms with van der Waals surface area (Å²) in [4.78, 5) is 21.6. The van der Waals surface area contributed by atoms with Crippen molar-refractivity contribution in [2.24, 2.45) is 10.9 Å². The number of likely N-dealkylation sites (tertiary alicyclic amines) is 2. The van der Waals surface area contributed by atoms with Crippen LogP contribution in [-0.4, -0.2) is 73.5 Å². The molecule has 0 aromatic rings. The highest BCUT2D eigenvalue weighted by Crippen LogP contribution is 2.27. The van der Waals surface area contributed by atoms with E-state index in [0.717, 1.165) is 51.4 Å². The molecule has 0 spiro atoms. The van der Waals surface area contributed by atoms with Crippen molar-refractivity contribution < 1.29 is 4.79 Å². The van der Waals surface area contributed by atoms with Gasteiger partial charge in [-0.15, -0.1) is 0 Å². The van der Waals surface area contributed by atoms with Crippen LogP contribution in [0.15, 0.2) is 4.99 Å². The van der Waals surface area contributed by atoms with Gasteiger partial charge in [-0.05, 0) is 45.2 Å². The lowest BCUT2D eigenvalue weighted by molar-refractivity contribution is -0.134. The van der Waals surface area contributed by atoms with Crippen LogP contribution in [0.4, 0.5) is 0 Å². The number of guanidine groups is 1. The fourth-order valence-electron chi connectivity index (χ4n) is 4.65. The van der Waals surface area contributed by atoms with Crippen molar-refractivity contribution in [3.63, 3.8) is 0 Å². The highest BCUT2D eigenvalue weighted by molar-refractivity contribution is 5.81. The van der Waals surface area contributed by atoms with E-state index in [9.17, 15) is 4.79 Å². The maximum atomic E-state index is 12.6.